The highest BCUT2D eigenvalue weighted by molar-refractivity contribution is 5.97. The summed E-state index contributed by atoms with van der Waals surface area (Å²) in [6.07, 6.45) is 3.69. The Kier molecular flexibility index (Phi) is 4.23. The van der Waals surface area contributed by atoms with Gasteiger partial charge in [0.1, 0.15) is 0 Å². The maximum absolute atomic E-state index is 13.1. The number of aromatic nitrogens is 3. The Morgan fingerprint density at radius 2 is 2.04 bits per heavy atom. The minimum Gasteiger partial charge on any atom is -0.332 e. The summed E-state index contributed by atoms with van der Waals surface area (Å²) in [4.78, 5) is 19.5. The first-order chi connectivity index (χ1) is 12.5. The molecule has 134 valence electrons. The van der Waals surface area contributed by atoms with E-state index >= 15 is 0 Å². The molecule has 1 N–H and O–H groups in total. The summed E-state index contributed by atoms with van der Waals surface area (Å²) in [5.41, 5.74) is 4.77. The van der Waals surface area contributed by atoms with E-state index in [1.54, 1.807) is 6.20 Å². The fourth-order valence-corrected chi connectivity index (χ4v) is 3.77. The first-order valence-electron chi connectivity index (χ1n) is 9.26. The highest BCUT2D eigenvalue weighted by Crippen LogP contribution is 2.34. The molecule has 1 aliphatic heterocycles. The number of nitrogens with zero attached hydrogens (tertiary/aromatic N) is 3. The van der Waals surface area contributed by atoms with E-state index in [0.717, 1.165) is 36.1 Å². The highest BCUT2D eigenvalue weighted by Gasteiger charge is 2.31. The van der Waals surface area contributed by atoms with E-state index in [9.17, 15) is 4.79 Å². The highest BCUT2D eigenvalue weighted by atomic mass is 16.2. The number of H-pyrrole nitrogens is 1. The first kappa shape index (κ1) is 16.8. The fraction of sp³-hybridized carbons (Fsp3) is 0.381. The van der Waals surface area contributed by atoms with Crippen LogP contribution in [-0.2, 0) is 0 Å². The summed E-state index contributed by atoms with van der Waals surface area (Å²) in [5, 5.41) is 7.96. The van der Waals surface area contributed by atoms with Crippen LogP contribution in [0.2, 0.25) is 0 Å². The molecule has 5 heteroatoms. The zero-order chi connectivity index (χ0) is 18.3. The van der Waals surface area contributed by atoms with Gasteiger partial charge in [0, 0.05) is 18.1 Å². The average molecular weight is 348 g/mol. The summed E-state index contributed by atoms with van der Waals surface area (Å²) in [6.45, 7) is 7.10. The molecule has 3 aromatic rings. The van der Waals surface area contributed by atoms with Crippen molar-refractivity contribution in [2.24, 2.45) is 0 Å². The number of rotatable bonds is 3. The molecule has 0 radical (unpaired) electrons. The van der Waals surface area contributed by atoms with Crippen LogP contribution in [0.1, 0.15) is 65.8 Å². The van der Waals surface area contributed by atoms with Gasteiger partial charge in [0.15, 0.2) is 5.65 Å². The Morgan fingerprint density at radius 3 is 2.77 bits per heavy atom. The number of hydrogen-bond acceptors (Lipinski definition) is 3. The number of carbonyl (C=O) groups is 1. The first-order valence-corrected chi connectivity index (χ1v) is 9.26. The Hall–Kier alpha value is -2.69. The standard InChI is InChI=1S/C21H24N4O/c1-13(2)15-6-8-16(9-7-15)19-5-4-10-25(19)21(26)17-11-18-14(3)23-24-20(18)22-12-17/h6-9,11-13,19H,4-5,10H2,1-3H3,(H,22,23,24)/t19-/m0/s1. The molecular formula is C21H24N4O. The van der Waals surface area contributed by atoms with Gasteiger partial charge in [-0.3, -0.25) is 9.89 Å². The normalized spacial score (nSPS) is 17.4. The molecule has 0 aliphatic carbocycles. The molecule has 1 saturated heterocycles. The van der Waals surface area contributed by atoms with Gasteiger partial charge >= 0.3 is 0 Å². The van der Waals surface area contributed by atoms with Crippen LogP contribution in [0.15, 0.2) is 36.5 Å². The van der Waals surface area contributed by atoms with Gasteiger partial charge in [0.05, 0.1) is 17.3 Å². The fourth-order valence-electron chi connectivity index (χ4n) is 3.77. The third kappa shape index (κ3) is 2.87. The van der Waals surface area contributed by atoms with Gasteiger partial charge in [-0.2, -0.15) is 5.10 Å². The number of aromatic amines is 1. The van der Waals surface area contributed by atoms with Gasteiger partial charge in [-0.15, -0.1) is 0 Å². The predicted octanol–water partition coefficient (Wildman–Crippen LogP) is 4.37. The number of aryl methyl sites for hydroxylation is 1. The number of carbonyl (C=O) groups excluding carboxylic acids is 1. The average Bonchev–Trinajstić information content (AvgIpc) is 3.28. The summed E-state index contributed by atoms with van der Waals surface area (Å²) >= 11 is 0. The maximum Gasteiger partial charge on any atom is 0.255 e. The molecule has 0 bridgehead atoms. The van der Waals surface area contributed by atoms with Gasteiger partial charge in [0.25, 0.3) is 5.91 Å². The number of benzene rings is 1. The van der Waals surface area contributed by atoms with Crippen LogP contribution in [0.5, 0.6) is 0 Å². The number of pyridine rings is 1. The molecule has 1 fully saturated rings. The molecule has 0 spiro atoms. The summed E-state index contributed by atoms with van der Waals surface area (Å²) in [6, 6.07) is 10.8. The minimum absolute atomic E-state index is 0.0513. The van der Waals surface area contributed by atoms with Crippen molar-refractivity contribution in [2.75, 3.05) is 6.54 Å². The van der Waals surface area contributed by atoms with E-state index in [1.807, 2.05) is 17.9 Å². The van der Waals surface area contributed by atoms with E-state index < -0.39 is 0 Å². The van der Waals surface area contributed by atoms with Crippen LogP contribution in [-0.4, -0.2) is 32.5 Å². The Labute approximate surface area is 153 Å². The van der Waals surface area contributed by atoms with Crippen LogP contribution in [0.25, 0.3) is 11.0 Å². The number of nitrogens with one attached hydrogen (secondary N) is 1. The van der Waals surface area contributed by atoms with Crippen molar-refractivity contribution in [1.82, 2.24) is 20.1 Å². The molecule has 1 atom stereocenters. The van der Waals surface area contributed by atoms with Crippen molar-refractivity contribution in [3.05, 3.63) is 58.9 Å². The predicted molar refractivity (Wildman–Crippen MR) is 102 cm³/mol. The van der Waals surface area contributed by atoms with Crippen LogP contribution >= 0.6 is 0 Å². The molecule has 5 nitrogen and oxygen atoms in total. The van der Waals surface area contributed by atoms with Crippen molar-refractivity contribution < 1.29 is 4.79 Å². The Balaban J connectivity index is 1.62. The quantitative estimate of drug-likeness (QED) is 0.764. The number of fused-ring (bicyclic) bond motifs is 1. The molecule has 0 unspecified atom stereocenters. The van der Waals surface area contributed by atoms with Crippen LogP contribution < -0.4 is 0 Å². The lowest BCUT2D eigenvalue weighted by molar-refractivity contribution is 0.0735. The third-order valence-corrected chi connectivity index (χ3v) is 5.36. The SMILES string of the molecule is Cc1n[nH]c2ncc(C(=O)N3CCC[C@H]3c3ccc(C(C)C)cc3)cc12. The minimum atomic E-state index is 0.0513. The maximum atomic E-state index is 13.1. The van der Waals surface area contributed by atoms with E-state index in [4.69, 9.17) is 0 Å². The smallest absolute Gasteiger partial charge is 0.255 e. The van der Waals surface area contributed by atoms with Crippen molar-refractivity contribution in [3.8, 4) is 0 Å². The second kappa shape index (κ2) is 6.56. The molecular weight excluding hydrogens is 324 g/mol. The monoisotopic (exact) mass is 348 g/mol. The zero-order valence-electron chi connectivity index (χ0n) is 15.5. The van der Waals surface area contributed by atoms with Gasteiger partial charge in [-0.25, -0.2) is 4.98 Å². The molecule has 3 heterocycles. The van der Waals surface area contributed by atoms with Gasteiger partial charge < -0.3 is 4.90 Å². The molecule has 4 rings (SSSR count). The molecule has 26 heavy (non-hydrogen) atoms. The summed E-state index contributed by atoms with van der Waals surface area (Å²) in [7, 11) is 0. The van der Waals surface area contributed by atoms with Crippen LogP contribution in [0.3, 0.4) is 0 Å². The lowest BCUT2D eigenvalue weighted by Crippen LogP contribution is -2.30. The largest absolute Gasteiger partial charge is 0.332 e. The van der Waals surface area contributed by atoms with Crippen LogP contribution in [0, 0.1) is 6.92 Å². The van der Waals surface area contributed by atoms with E-state index in [2.05, 4.69) is 53.3 Å². The van der Waals surface area contributed by atoms with E-state index in [0.29, 0.717) is 11.5 Å². The van der Waals surface area contributed by atoms with Gasteiger partial charge in [-0.1, -0.05) is 38.1 Å². The molecule has 1 aromatic carbocycles. The Morgan fingerprint density at radius 1 is 1.27 bits per heavy atom. The number of hydrogen-bond donors (Lipinski definition) is 1. The molecule has 2 aromatic heterocycles. The summed E-state index contributed by atoms with van der Waals surface area (Å²) in [5.74, 6) is 0.566. The van der Waals surface area contributed by atoms with E-state index in [1.165, 1.54) is 11.1 Å². The zero-order valence-corrected chi connectivity index (χ0v) is 15.5. The van der Waals surface area contributed by atoms with Gasteiger partial charge in [0.2, 0.25) is 0 Å². The van der Waals surface area contributed by atoms with Gasteiger partial charge in [-0.05, 0) is 42.9 Å². The number of likely N-dealkylation sites (tertiary alicyclic amines) is 1. The number of amides is 1. The lowest BCUT2D eigenvalue weighted by atomic mass is 9.98. The molecule has 0 saturated carbocycles. The third-order valence-electron chi connectivity index (χ3n) is 5.36. The van der Waals surface area contributed by atoms with Crippen molar-refractivity contribution in [3.63, 3.8) is 0 Å². The molecule has 1 amide bonds. The molecule has 1 aliphatic rings. The van der Waals surface area contributed by atoms with Crippen molar-refractivity contribution >= 4 is 16.9 Å². The Bertz CT molecular complexity index is 942. The second-order valence-electron chi connectivity index (χ2n) is 7.41. The van der Waals surface area contributed by atoms with E-state index in [-0.39, 0.29) is 11.9 Å². The second-order valence-corrected chi connectivity index (χ2v) is 7.41. The topological polar surface area (TPSA) is 61.9 Å². The lowest BCUT2D eigenvalue weighted by Gasteiger charge is -2.25. The van der Waals surface area contributed by atoms with Crippen molar-refractivity contribution in [1.29, 1.82) is 0 Å². The van der Waals surface area contributed by atoms with Crippen LogP contribution in [0.4, 0.5) is 0 Å². The van der Waals surface area contributed by atoms with Crippen molar-refractivity contribution in [2.45, 2.75) is 45.6 Å². The summed E-state index contributed by atoms with van der Waals surface area (Å²) < 4.78 is 0.